The number of para-hydroxylation sites is 2. The molecule has 0 saturated heterocycles. The number of ether oxygens (including phenoxy) is 4. The largest absolute Gasteiger partial charge is 0.497 e. The number of hydrogen-bond donors (Lipinski definition) is 1. The van der Waals surface area contributed by atoms with Gasteiger partial charge in [0.05, 0.1) is 32.9 Å². The summed E-state index contributed by atoms with van der Waals surface area (Å²) < 4.78 is 21.6. The van der Waals surface area contributed by atoms with E-state index in [4.69, 9.17) is 14.2 Å². The first-order chi connectivity index (χ1) is 14.1. The summed E-state index contributed by atoms with van der Waals surface area (Å²) in [5.41, 5.74) is 2.32. The van der Waals surface area contributed by atoms with Crippen molar-refractivity contribution in [2.75, 3.05) is 26.1 Å². The van der Waals surface area contributed by atoms with E-state index in [1.807, 2.05) is 30.3 Å². The monoisotopic (exact) mass is 397 g/mol. The summed E-state index contributed by atoms with van der Waals surface area (Å²) in [6.45, 7) is 0.451. The molecule has 1 N–H and O–H groups in total. The zero-order chi connectivity index (χ0) is 20.6. The fourth-order valence-electron chi connectivity index (χ4n) is 2.87. The van der Waals surface area contributed by atoms with E-state index in [1.54, 1.807) is 31.4 Å². The van der Waals surface area contributed by atoms with Crippen LogP contribution in [0.4, 0.5) is 5.69 Å². The zero-order valence-corrected chi connectivity index (χ0v) is 16.3. The van der Waals surface area contributed by atoms with Crippen LogP contribution < -0.4 is 14.8 Å². The molecule has 1 aliphatic rings. The van der Waals surface area contributed by atoms with Gasteiger partial charge in [0.2, 0.25) is 0 Å². The van der Waals surface area contributed by atoms with Gasteiger partial charge in [0.25, 0.3) is 5.91 Å². The highest BCUT2D eigenvalue weighted by Crippen LogP contribution is 2.27. The van der Waals surface area contributed by atoms with Gasteiger partial charge in [0.1, 0.15) is 24.2 Å². The van der Waals surface area contributed by atoms with Crippen LogP contribution in [0.1, 0.15) is 17.5 Å². The van der Waals surface area contributed by atoms with Gasteiger partial charge in [-0.25, -0.2) is 0 Å². The quantitative estimate of drug-likeness (QED) is 0.801. The van der Waals surface area contributed by atoms with Gasteiger partial charge in [-0.2, -0.15) is 0 Å². The van der Waals surface area contributed by atoms with E-state index >= 15 is 0 Å². The molecule has 7 nitrogen and oxygen atoms in total. The van der Waals surface area contributed by atoms with Crippen LogP contribution in [0.3, 0.4) is 0 Å². The molecule has 2 aromatic carbocycles. The summed E-state index contributed by atoms with van der Waals surface area (Å²) in [6.07, 6.45) is 2.45. The Hall–Kier alpha value is -3.32. The number of carbonyl (C=O) groups is 2. The van der Waals surface area contributed by atoms with E-state index in [-0.39, 0.29) is 13.0 Å². The van der Waals surface area contributed by atoms with E-state index in [0.29, 0.717) is 23.8 Å². The first-order valence-corrected chi connectivity index (χ1v) is 9.14. The minimum Gasteiger partial charge on any atom is -0.497 e. The van der Waals surface area contributed by atoms with E-state index in [9.17, 15) is 9.59 Å². The Morgan fingerprint density at radius 1 is 1.21 bits per heavy atom. The summed E-state index contributed by atoms with van der Waals surface area (Å²) >= 11 is 0. The van der Waals surface area contributed by atoms with Gasteiger partial charge < -0.3 is 24.3 Å². The average molecular weight is 397 g/mol. The number of hydrogen-bond acceptors (Lipinski definition) is 6. The minimum atomic E-state index is -0.996. The molecule has 0 saturated carbocycles. The molecular formula is C22H23NO6. The molecule has 2 aromatic rings. The maximum absolute atomic E-state index is 12.7. The lowest BCUT2D eigenvalue weighted by Crippen LogP contribution is -2.33. The lowest BCUT2D eigenvalue weighted by atomic mass is 10.1. The highest BCUT2D eigenvalue weighted by atomic mass is 16.5. The number of amides is 1. The Morgan fingerprint density at radius 2 is 2.03 bits per heavy atom. The maximum atomic E-state index is 12.7. The molecule has 0 aliphatic carbocycles. The highest BCUT2D eigenvalue weighted by molar-refractivity contribution is 5.97. The Bertz CT molecular complexity index is 908. The summed E-state index contributed by atoms with van der Waals surface area (Å²) in [4.78, 5) is 24.4. The van der Waals surface area contributed by atoms with Gasteiger partial charge in [-0.15, -0.1) is 0 Å². The molecule has 1 unspecified atom stereocenters. The second-order valence-electron chi connectivity index (χ2n) is 6.39. The summed E-state index contributed by atoms with van der Waals surface area (Å²) in [7, 11) is 2.88. The fourth-order valence-corrected chi connectivity index (χ4v) is 2.87. The van der Waals surface area contributed by atoms with Gasteiger partial charge >= 0.3 is 5.97 Å². The molecule has 1 amide bonds. The molecule has 0 radical (unpaired) electrons. The third kappa shape index (κ3) is 5.58. The predicted molar refractivity (Wildman–Crippen MR) is 108 cm³/mol. The van der Waals surface area contributed by atoms with Crippen molar-refractivity contribution < 1.29 is 28.5 Å². The summed E-state index contributed by atoms with van der Waals surface area (Å²) in [5.74, 6) is 0.243. The number of esters is 1. The van der Waals surface area contributed by atoms with Gasteiger partial charge in [-0.05, 0) is 41.5 Å². The van der Waals surface area contributed by atoms with E-state index in [2.05, 4.69) is 10.1 Å². The number of fused-ring (bicyclic) bond motifs is 3. The Balaban J connectivity index is 1.94. The lowest BCUT2D eigenvalue weighted by Gasteiger charge is -2.18. The summed E-state index contributed by atoms with van der Waals surface area (Å²) in [5, 5.41) is 2.78. The fraction of sp³-hybridized carbons (Fsp3) is 0.273. The maximum Gasteiger partial charge on any atom is 0.308 e. The second-order valence-corrected chi connectivity index (χ2v) is 6.39. The van der Waals surface area contributed by atoms with Crippen LogP contribution in [0.15, 0.2) is 48.5 Å². The molecule has 152 valence electrons. The van der Waals surface area contributed by atoms with Crippen molar-refractivity contribution in [3.05, 3.63) is 59.7 Å². The number of rotatable bonds is 3. The number of nitrogens with one attached hydrogen (secondary N) is 1. The van der Waals surface area contributed by atoms with Crippen LogP contribution in [-0.4, -0.2) is 38.8 Å². The second kappa shape index (κ2) is 9.75. The standard InChI is InChI=1S/C22H23NO6/c1-26-17-11-15-6-5-9-28-20(13-21(24)27-2)22(25)23-18-7-3-4-8-19(18)29-14-16(10-15)12-17/h3-8,10-12,20H,9,13-14H2,1-2H3,(H,23,25). The molecule has 0 spiro atoms. The van der Waals surface area contributed by atoms with Crippen molar-refractivity contribution in [3.63, 3.8) is 0 Å². The van der Waals surface area contributed by atoms with Gasteiger partial charge in [-0.1, -0.05) is 24.3 Å². The average Bonchev–Trinajstić information content (AvgIpc) is 2.74. The Morgan fingerprint density at radius 3 is 2.83 bits per heavy atom. The molecule has 0 aromatic heterocycles. The van der Waals surface area contributed by atoms with E-state index < -0.39 is 18.0 Å². The van der Waals surface area contributed by atoms with Crippen molar-refractivity contribution in [1.82, 2.24) is 0 Å². The van der Waals surface area contributed by atoms with Crippen molar-refractivity contribution >= 4 is 23.6 Å². The van der Waals surface area contributed by atoms with Gasteiger partial charge in [-0.3, -0.25) is 9.59 Å². The van der Waals surface area contributed by atoms with Crippen LogP contribution in [0, 0.1) is 0 Å². The predicted octanol–water partition coefficient (Wildman–Crippen LogP) is 3.19. The summed E-state index contributed by atoms with van der Waals surface area (Å²) in [6, 6.07) is 12.9. The normalized spacial score (nSPS) is 16.6. The molecule has 0 fully saturated rings. The molecule has 7 heteroatoms. The first kappa shape index (κ1) is 20.4. The van der Waals surface area contributed by atoms with Crippen molar-refractivity contribution in [2.24, 2.45) is 0 Å². The number of anilines is 1. The van der Waals surface area contributed by atoms with Crippen molar-refractivity contribution in [3.8, 4) is 11.5 Å². The van der Waals surface area contributed by atoms with Crippen LogP contribution in [0.2, 0.25) is 0 Å². The van der Waals surface area contributed by atoms with Crippen LogP contribution >= 0.6 is 0 Å². The van der Waals surface area contributed by atoms with Crippen LogP contribution in [0.25, 0.3) is 6.08 Å². The van der Waals surface area contributed by atoms with E-state index in [0.717, 1.165) is 11.1 Å². The number of carbonyl (C=O) groups excluding carboxylic acids is 2. The lowest BCUT2D eigenvalue weighted by molar-refractivity contribution is -0.147. The topological polar surface area (TPSA) is 83.1 Å². The molecule has 1 aliphatic heterocycles. The van der Waals surface area contributed by atoms with Crippen LogP contribution in [-0.2, 0) is 25.7 Å². The minimum absolute atomic E-state index is 0.153. The first-order valence-electron chi connectivity index (χ1n) is 9.14. The molecule has 1 heterocycles. The SMILES string of the molecule is COC(=O)CC1OCC=Cc2cc(cc(OC)c2)COc2ccccc2NC1=O. The number of benzene rings is 2. The highest BCUT2D eigenvalue weighted by Gasteiger charge is 2.24. The smallest absolute Gasteiger partial charge is 0.308 e. The molecule has 2 bridgehead atoms. The van der Waals surface area contributed by atoms with Crippen molar-refractivity contribution in [1.29, 1.82) is 0 Å². The zero-order valence-electron chi connectivity index (χ0n) is 16.3. The Kier molecular flexibility index (Phi) is 6.86. The molecule has 29 heavy (non-hydrogen) atoms. The third-order valence-electron chi connectivity index (χ3n) is 4.34. The van der Waals surface area contributed by atoms with Crippen LogP contribution in [0.5, 0.6) is 11.5 Å². The van der Waals surface area contributed by atoms with E-state index in [1.165, 1.54) is 7.11 Å². The van der Waals surface area contributed by atoms with Crippen molar-refractivity contribution in [2.45, 2.75) is 19.1 Å². The number of methoxy groups -OCH3 is 2. The van der Waals surface area contributed by atoms with Gasteiger partial charge in [0, 0.05) is 0 Å². The Labute approximate surface area is 169 Å². The third-order valence-corrected chi connectivity index (χ3v) is 4.34. The van der Waals surface area contributed by atoms with Gasteiger partial charge in [0.15, 0.2) is 0 Å². The molecule has 3 rings (SSSR count). The molecule has 1 atom stereocenters. The molecular weight excluding hydrogens is 374 g/mol.